The largest absolute Gasteiger partial charge is 0.383 e. The van der Waals surface area contributed by atoms with Crippen LogP contribution >= 0.6 is 0 Å². The van der Waals surface area contributed by atoms with Gasteiger partial charge in [0.2, 0.25) is 5.91 Å². The molecule has 1 aliphatic carbocycles. The summed E-state index contributed by atoms with van der Waals surface area (Å²) in [6.45, 7) is 6.19. The van der Waals surface area contributed by atoms with Crippen LogP contribution in [0, 0.1) is 11.8 Å². The van der Waals surface area contributed by atoms with Crippen LogP contribution in [0.15, 0.2) is 0 Å². The topological polar surface area (TPSA) is 50.4 Å². The number of rotatable bonds is 7. The quantitative estimate of drug-likeness (QED) is 0.704. The Morgan fingerprint density at radius 3 is 2.82 bits per heavy atom. The molecule has 1 aliphatic rings. The molecule has 0 aromatic rings. The fourth-order valence-corrected chi connectivity index (χ4v) is 2.51. The lowest BCUT2D eigenvalue weighted by molar-refractivity contribution is -0.121. The summed E-state index contributed by atoms with van der Waals surface area (Å²) < 4.78 is 4.97. The van der Waals surface area contributed by atoms with E-state index in [2.05, 4.69) is 17.6 Å². The number of carbonyl (C=O) groups excluding carboxylic acids is 1. The fourth-order valence-electron chi connectivity index (χ4n) is 2.51. The average Bonchev–Trinajstić information content (AvgIpc) is 2.64. The summed E-state index contributed by atoms with van der Waals surface area (Å²) in [5, 5.41) is 6.14. The highest BCUT2D eigenvalue weighted by Crippen LogP contribution is 2.30. The van der Waals surface area contributed by atoms with Gasteiger partial charge in [0.1, 0.15) is 0 Å². The predicted molar refractivity (Wildman–Crippen MR) is 68.9 cm³/mol. The number of methoxy groups -OCH3 is 1. The van der Waals surface area contributed by atoms with Gasteiger partial charge in [-0.15, -0.1) is 0 Å². The molecule has 0 spiro atoms. The van der Waals surface area contributed by atoms with E-state index in [-0.39, 0.29) is 11.9 Å². The first-order chi connectivity index (χ1) is 8.13. The zero-order chi connectivity index (χ0) is 12.7. The van der Waals surface area contributed by atoms with Crippen LogP contribution in [0.4, 0.5) is 0 Å². The second-order valence-corrected chi connectivity index (χ2v) is 5.22. The molecule has 17 heavy (non-hydrogen) atoms. The second kappa shape index (κ2) is 7.67. The van der Waals surface area contributed by atoms with E-state index < -0.39 is 0 Å². The Labute approximate surface area is 104 Å². The summed E-state index contributed by atoms with van der Waals surface area (Å²) in [6, 6.07) is 0.0831. The molecule has 0 aromatic heterocycles. The van der Waals surface area contributed by atoms with Gasteiger partial charge in [-0.2, -0.15) is 0 Å². The van der Waals surface area contributed by atoms with Gasteiger partial charge in [0.15, 0.2) is 0 Å². The van der Waals surface area contributed by atoms with Gasteiger partial charge in [-0.25, -0.2) is 0 Å². The molecule has 4 nitrogen and oxygen atoms in total. The summed E-state index contributed by atoms with van der Waals surface area (Å²) in [4.78, 5) is 11.6. The Hall–Kier alpha value is -0.610. The van der Waals surface area contributed by atoms with Gasteiger partial charge in [-0.05, 0) is 31.7 Å². The van der Waals surface area contributed by atoms with Crippen molar-refractivity contribution in [1.29, 1.82) is 0 Å². The lowest BCUT2D eigenvalue weighted by Gasteiger charge is -2.17. The molecule has 2 N–H and O–H groups in total. The number of nitrogens with one attached hydrogen (secondary N) is 2. The van der Waals surface area contributed by atoms with Gasteiger partial charge >= 0.3 is 0 Å². The lowest BCUT2D eigenvalue weighted by atomic mass is 9.98. The maximum Gasteiger partial charge on any atom is 0.234 e. The Morgan fingerprint density at radius 1 is 1.47 bits per heavy atom. The van der Waals surface area contributed by atoms with E-state index in [4.69, 9.17) is 4.74 Å². The van der Waals surface area contributed by atoms with Gasteiger partial charge in [-0.3, -0.25) is 4.79 Å². The summed E-state index contributed by atoms with van der Waals surface area (Å²) >= 11 is 0. The third-order valence-corrected chi connectivity index (χ3v) is 3.56. The standard InChI is InChI=1S/C13H26N2O2/c1-10-5-4-6-12(10)7-14-8-13(16)15-11(2)9-17-3/h10-12,14H,4-9H2,1-3H3,(H,15,16). The smallest absolute Gasteiger partial charge is 0.234 e. The van der Waals surface area contributed by atoms with Crippen molar-refractivity contribution in [3.05, 3.63) is 0 Å². The van der Waals surface area contributed by atoms with Crippen LogP contribution in [-0.4, -0.2) is 38.8 Å². The third-order valence-electron chi connectivity index (χ3n) is 3.56. The molecule has 0 aliphatic heterocycles. The van der Waals surface area contributed by atoms with E-state index in [1.54, 1.807) is 7.11 Å². The highest BCUT2D eigenvalue weighted by atomic mass is 16.5. The van der Waals surface area contributed by atoms with Gasteiger partial charge in [0.05, 0.1) is 13.2 Å². The highest BCUT2D eigenvalue weighted by molar-refractivity contribution is 5.78. The predicted octanol–water partition coefficient (Wildman–Crippen LogP) is 1.16. The van der Waals surface area contributed by atoms with Gasteiger partial charge in [0.25, 0.3) is 0 Å². The molecular weight excluding hydrogens is 216 g/mol. The summed E-state index contributed by atoms with van der Waals surface area (Å²) in [7, 11) is 1.64. The Balaban J connectivity index is 2.07. The second-order valence-electron chi connectivity index (χ2n) is 5.22. The lowest BCUT2D eigenvalue weighted by Crippen LogP contribution is -2.42. The molecule has 0 bridgehead atoms. The highest BCUT2D eigenvalue weighted by Gasteiger charge is 2.22. The van der Waals surface area contributed by atoms with Crippen LogP contribution < -0.4 is 10.6 Å². The van der Waals surface area contributed by atoms with Crippen LogP contribution in [0.2, 0.25) is 0 Å². The summed E-state index contributed by atoms with van der Waals surface area (Å²) in [5.74, 6) is 1.61. The van der Waals surface area contributed by atoms with Crippen LogP contribution in [0.25, 0.3) is 0 Å². The average molecular weight is 242 g/mol. The molecule has 1 rings (SSSR count). The maximum absolute atomic E-state index is 11.6. The minimum Gasteiger partial charge on any atom is -0.383 e. The number of hydrogen-bond donors (Lipinski definition) is 2. The van der Waals surface area contributed by atoms with Gasteiger partial charge in [0, 0.05) is 13.2 Å². The van der Waals surface area contributed by atoms with E-state index in [1.165, 1.54) is 19.3 Å². The Kier molecular flexibility index (Phi) is 6.52. The van der Waals surface area contributed by atoms with E-state index >= 15 is 0 Å². The van der Waals surface area contributed by atoms with E-state index in [0.717, 1.165) is 18.4 Å². The third kappa shape index (κ3) is 5.50. The number of ether oxygens (including phenoxy) is 1. The first kappa shape index (κ1) is 14.5. The van der Waals surface area contributed by atoms with E-state index in [0.29, 0.717) is 13.2 Å². The van der Waals surface area contributed by atoms with Crippen molar-refractivity contribution in [2.24, 2.45) is 11.8 Å². The minimum absolute atomic E-state index is 0.0557. The van der Waals surface area contributed by atoms with Crippen molar-refractivity contribution in [3.63, 3.8) is 0 Å². The fraction of sp³-hybridized carbons (Fsp3) is 0.923. The molecular formula is C13H26N2O2. The van der Waals surface area contributed by atoms with E-state index in [1.807, 2.05) is 6.92 Å². The Bertz CT molecular complexity index is 233. The maximum atomic E-state index is 11.6. The van der Waals surface area contributed by atoms with Gasteiger partial charge in [-0.1, -0.05) is 19.8 Å². The number of hydrogen-bond acceptors (Lipinski definition) is 3. The molecule has 0 heterocycles. The minimum atomic E-state index is 0.0557. The van der Waals surface area contributed by atoms with Crippen LogP contribution in [0.3, 0.4) is 0 Å². The molecule has 0 aromatic carbocycles. The Morgan fingerprint density at radius 2 is 2.24 bits per heavy atom. The summed E-state index contributed by atoms with van der Waals surface area (Å²) in [5.41, 5.74) is 0. The normalized spacial score (nSPS) is 25.8. The van der Waals surface area contributed by atoms with Crippen molar-refractivity contribution in [3.8, 4) is 0 Å². The van der Waals surface area contributed by atoms with Gasteiger partial charge < -0.3 is 15.4 Å². The molecule has 1 fully saturated rings. The summed E-state index contributed by atoms with van der Waals surface area (Å²) in [6.07, 6.45) is 3.98. The molecule has 1 saturated carbocycles. The number of amides is 1. The molecule has 1 amide bonds. The van der Waals surface area contributed by atoms with Crippen LogP contribution in [0.5, 0.6) is 0 Å². The van der Waals surface area contributed by atoms with Crippen molar-refractivity contribution >= 4 is 5.91 Å². The van der Waals surface area contributed by atoms with Crippen molar-refractivity contribution in [2.45, 2.75) is 39.2 Å². The SMILES string of the molecule is COCC(C)NC(=O)CNCC1CCCC1C. The zero-order valence-corrected chi connectivity index (χ0v) is 11.3. The van der Waals surface area contributed by atoms with Crippen LogP contribution in [0.1, 0.15) is 33.1 Å². The molecule has 0 saturated heterocycles. The molecule has 100 valence electrons. The number of carbonyl (C=O) groups is 1. The van der Waals surface area contributed by atoms with Crippen molar-refractivity contribution in [1.82, 2.24) is 10.6 Å². The van der Waals surface area contributed by atoms with E-state index in [9.17, 15) is 4.79 Å². The molecule has 3 atom stereocenters. The first-order valence-corrected chi connectivity index (χ1v) is 6.62. The van der Waals surface area contributed by atoms with Crippen LogP contribution in [-0.2, 0) is 9.53 Å². The molecule has 0 radical (unpaired) electrons. The first-order valence-electron chi connectivity index (χ1n) is 6.62. The van der Waals surface area contributed by atoms with Crippen molar-refractivity contribution in [2.75, 3.05) is 26.8 Å². The zero-order valence-electron chi connectivity index (χ0n) is 11.3. The monoisotopic (exact) mass is 242 g/mol. The molecule has 3 unspecified atom stereocenters. The molecule has 4 heteroatoms. The van der Waals surface area contributed by atoms with Crippen molar-refractivity contribution < 1.29 is 9.53 Å².